The third-order valence-electron chi connectivity index (χ3n) is 2.26. The molecule has 6 heteroatoms. The second kappa shape index (κ2) is 4.55. The van der Waals surface area contributed by atoms with Crippen LogP contribution in [0, 0.1) is 5.82 Å². The number of halogens is 2. The van der Waals surface area contributed by atoms with Gasteiger partial charge in [-0.1, -0.05) is 11.6 Å². The summed E-state index contributed by atoms with van der Waals surface area (Å²) in [7, 11) is 1.69. The Bertz CT molecular complexity index is 559. The summed E-state index contributed by atoms with van der Waals surface area (Å²) in [5.74, 6) is 0.0868. The summed E-state index contributed by atoms with van der Waals surface area (Å²) in [6, 6.07) is 5.64. The number of hydrogen-bond acceptors (Lipinski definition) is 4. The Morgan fingerprint density at radius 3 is 2.71 bits per heavy atom. The van der Waals surface area contributed by atoms with Gasteiger partial charge < -0.3 is 11.1 Å². The van der Waals surface area contributed by atoms with Gasteiger partial charge >= 0.3 is 0 Å². The van der Waals surface area contributed by atoms with Crippen LogP contribution >= 0.6 is 11.6 Å². The van der Waals surface area contributed by atoms with Crippen LogP contribution in [0.3, 0.4) is 0 Å². The molecular weight excluding hydrogens is 243 g/mol. The highest BCUT2D eigenvalue weighted by atomic mass is 35.5. The SMILES string of the molecule is CNc1nnc(-c2cc(F)ccc2Cl)cc1N. The summed E-state index contributed by atoms with van der Waals surface area (Å²) in [6.45, 7) is 0. The molecule has 0 aliphatic carbocycles. The molecule has 0 unspecified atom stereocenters. The van der Waals surface area contributed by atoms with Crippen molar-refractivity contribution in [3.05, 3.63) is 35.1 Å². The van der Waals surface area contributed by atoms with Gasteiger partial charge in [-0.15, -0.1) is 10.2 Å². The molecule has 0 saturated carbocycles. The Balaban J connectivity index is 2.53. The molecule has 17 heavy (non-hydrogen) atoms. The molecule has 2 aromatic rings. The van der Waals surface area contributed by atoms with Crippen molar-refractivity contribution in [3.8, 4) is 11.3 Å². The number of nitrogens with one attached hydrogen (secondary N) is 1. The van der Waals surface area contributed by atoms with Crippen molar-refractivity contribution in [2.24, 2.45) is 0 Å². The number of anilines is 2. The molecule has 4 nitrogen and oxygen atoms in total. The average molecular weight is 253 g/mol. The van der Waals surface area contributed by atoms with Crippen molar-refractivity contribution in [2.45, 2.75) is 0 Å². The normalized spacial score (nSPS) is 10.3. The molecule has 3 N–H and O–H groups in total. The van der Waals surface area contributed by atoms with Crippen LogP contribution in [0.5, 0.6) is 0 Å². The van der Waals surface area contributed by atoms with Gasteiger partial charge in [0.1, 0.15) is 5.82 Å². The molecule has 1 aromatic heterocycles. The lowest BCUT2D eigenvalue weighted by Gasteiger charge is -2.07. The predicted molar refractivity (Wildman–Crippen MR) is 66.4 cm³/mol. The molecule has 0 fully saturated rings. The van der Waals surface area contributed by atoms with Crippen LogP contribution in [0.2, 0.25) is 5.02 Å². The number of aromatic nitrogens is 2. The minimum Gasteiger partial charge on any atom is -0.396 e. The van der Waals surface area contributed by atoms with Gasteiger partial charge in [0.25, 0.3) is 0 Å². The van der Waals surface area contributed by atoms with E-state index in [1.165, 1.54) is 18.2 Å². The van der Waals surface area contributed by atoms with E-state index in [2.05, 4.69) is 15.5 Å². The largest absolute Gasteiger partial charge is 0.396 e. The van der Waals surface area contributed by atoms with Crippen LogP contribution in [-0.2, 0) is 0 Å². The lowest BCUT2D eigenvalue weighted by molar-refractivity contribution is 0.628. The van der Waals surface area contributed by atoms with Gasteiger partial charge in [0.15, 0.2) is 5.82 Å². The summed E-state index contributed by atoms with van der Waals surface area (Å²) in [4.78, 5) is 0. The van der Waals surface area contributed by atoms with E-state index < -0.39 is 0 Å². The number of nitrogen functional groups attached to an aromatic ring is 1. The molecule has 0 atom stereocenters. The number of benzene rings is 1. The summed E-state index contributed by atoms with van der Waals surface area (Å²) in [5, 5.41) is 11.0. The Kier molecular flexibility index (Phi) is 3.10. The van der Waals surface area contributed by atoms with Crippen molar-refractivity contribution in [1.82, 2.24) is 10.2 Å². The van der Waals surface area contributed by atoms with E-state index in [0.717, 1.165) is 0 Å². The lowest BCUT2D eigenvalue weighted by Crippen LogP contribution is -2.01. The van der Waals surface area contributed by atoms with Gasteiger partial charge in [-0.05, 0) is 24.3 Å². The zero-order chi connectivity index (χ0) is 12.4. The van der Waals surface area contributed by atoms with Crippen LogP contribution in [0.15, 0.2) is 24.3 Å². The topological polar surface area (TPSA) is 63.8 Å². The molecule has 0 bridgehead atoms. The lowest BCUT2D eigenvalue weighted by atomic mass is 10.1. The predicted octanol–water partition coefficient (Wildman–Crippen LogP) is 2.56. The van der Waals surface area contributed by atoms with Crippen LogP contribution in [-0.4, -0.2) is 17.2 Å². The Hall–Kier alpha value is -1.88. The van der Waals surface area contributed by atoms with Gasteiger partial charge in [-0.3, -0.25) is 0 Å². The molecule has 0 radical (unpaired) electrons. The van der Waals surface area contributed by atoms with Crippen molar-refractivity contribution in [1.29, 1.82) is 0 Å². The molecule has 0 aliphatic rings. The number of hydrogen-bond donors (Lipinski definition) is 2. The van der Waals surface area contributed by atoms with E-state index in [1.54, 1.807) is 13.1 Å². The van der Waals surface area contributed by atoms with Crippen LogP contribution < -0.4 is 11.1 Å². The smallest absolute Gasteiger partial charge is 0.171 e. The summed E-state index contributed by atoms with van der Waals surface area (Å²) >= 11 is 5.97. The highest BCUT2D eigenvalue weighted by Gasteiger charge is 2.09. The fraction of sp³-hybridized carbons (Fsp3) is 0.0909. The van der Waals surface area contributed by atoms with Crippen LogP contribution in [0.1, 0.15) is 0 Å². The Labute approximate surface area is 103 Å². The number of rotatable bonds is 2. The van der Waals surface area contributed by atoms with E-state index in [1.807, 2.05) is 0 Å². The zero-order valence-electron chi connectivity index (χ0n) is 9.04. The first-order chi connectivity index (χ1) is 8.11. The first-order valence-corrected chi connectivity index (χ1v) is 5.26. The monoisotopic (exact) mass is 252 g/mol. The first kappa shape index (κ1) is 11.6. The third-order valence-corrected chi connectivity index (χ3v) is 2.59. The van der Waals surface area contributed by atoms with Gasteiger partial charge in [-0.25, -0.2) is 4.39 Å². The highest BCUT2D eigenvalue weighted by molar-refractivity contribution is 6.33. The van der Waals surface area contributed by atoms with Crippen molar-refractivity contribution in [2.75, 3.05) is 18.1 Å². The third kappa shape index (κ3) is 2.29. The second-order valence-corrected chi connectivity index (χ2v) is 3.81. The van der Waals surface area contributed by atoms with Crippen molar-refractivity contribution < 1.29 is 4.39 Å². The molecule has 2 rings (SSSR count). The van der Waals surface area contributed by atoms with Gasteiger partial charge in [0.05, 0.1) is 16.4 Å². The van der Waals surface area contributed by atoms with Crippen molar-refractivity contribution >= 4 is 23.1 Å². The molecule has 0 spiro atoms. The quantitative estimate of drug-likeness (QED) is 0.862. The maximum absolute atomic E-state index is 13.1. The van der Waals surface area contributed by atoms with Crippen LogP contribution in [0.25, 0.3) is 11.3 Å². The fourth-order valence-corrected chi connectivity index (χ4v) is 1.64. The average Bonchev–Trinajstić information content (AvgIpc) is 2.32. The summed E-state index contributed by atoms with van der Waals surface area (Å²) < 4.78 is 13.1. The molecule has 0 aliphatic heterocycles. The maximum atomic E-state index is 13.1. The fourth-order valence-electron chi connectivity index (χ4n) is 1.43. The van der Waals surface area contributed by atoms with Gasteiger partial charge in [0.2, 0.25) is 0 Å². The van der Waals surface area contributed by atoms with E-state index in [4.69, 9.17) is 17.3 Å². The van der Waals surface area contributed by atoms with Crippen molar-refractivity contribution in [3.63, 3.8) is 0 Å². The van der Waals surface area contributed by atoms with Gasteiger partial charge in [-0.2, -0.15) is 0 Å². The molecule has 0 amide bonds. The molecular formula is C11H10ClFN4. The van der Waals surface area contributed by atoms with E-state index in [9.17, 15) is 4.39 Å². The summed E-state index contributed by atoms with van der Waals surface area (Å²) in [6.07, 6.45) is 0. The second-order valence-electron chi connectivity index (χ2n) is 3.41. The van der Waals surface area contributed by atoms with E-state index in [-0.39, 0.29) is 5.82 Å². The first-order valence-electron chi connectivity index (χ1n) is 4.88. The van der Waals surface area contributed by atoms with E-state index >= 15 is 0 Å². The highest BCUT2D eigenvalue weighted by Crippen LogP contribution is 2.29. The molecule has 0 saturated heterocycles. The van der Waals surface area contributed by atoms with Gasteiger partial charge in [0, 0.05) is 12.6 Å². The Morgan fingerprint density at radius 1 is 1.29 bits per heavy atom. The number of nitrogens with zero attached hydrogens (tertiary/aromatic N) is 2. The Morgan fingerprint density at radius 2 is 2.06 bits per heavy atom. The molecule has 88 valence electrons. The molecule has 1 aromatic carbocycles. The number of nitrogens with two attached hydrogens (primary N) is 1. The zero-order valence-corrected chi connectivity index (χ0v) is 9.79. The minimum absolute atomic E-state index is 0.387. The maximum Gasteiger partial charge on any atom is 0.171 e. The minimum atomic E-state index is -0.387. The summed E-state index contributed by atoms with van der Waals surface area (Å²) in [5.41, 5.74) is 7.09. The standard InChI is InChI=1S/C11H10ClFN4/c1-15-11-9(14)5-10(16-17-11)7-4-6(13)2-3-8(7)12/h2-5H,1H3,(H2,14,16)(H,15,17). The van der Waals surface area contributed by atoms with Crippen LogP contribution in [0.4, 0.5) is 15.9 Å². The molecule has 1 heterocycles. The van der Waals surface area contributed by atoms with E-state index in [0.29, 0.717) is 27.8 Å².